The van der Waals surface area contributed by atoms with Crippen LogP contribution in [0.25, 0.3) is 0 Å². The predicted octanol–water partition coefficient (Wildman–Crippen LogP) is 1.35. The lowest BCUT2D eigenvalue weighted by atomic mass is 10.1. The first-order valence-corrected chi connectivity index (χ1v) is 5.42. The van der Waals surface area contributed by atoms with Crippen molar-refractivity contribution in [3.05, 3.63) is 29.6 Å². The fourth-order valence-corrected chi connectivity index (χ4v) is 1.80. The number of carbonyl (C=O) groups excluding carboxylic acids is 2. The number of carbonyl (C=O) groups is 2. The number of amides is 2. The first-order valence-electron chi connectivity index (χ1n) is 5.42. The lowest BCUT2D eigenvalue weighted by molar-refractivity contribution is -0.122. The molecule has 0 unspecified atom stereocenters. The molecular formula is C12H13FN2O2. The highest BCUT2D eigenvalue weighted by molar-refractivity contribution is 5.99. The quantitative estimate of drug-likeness (QED) is 0.814. The van der Waals surface area contributed by atoms with Crippen molar-refractivity contribution in [2.75, 3.05) is 5.32 Å². The van der Waals surface area contributed by atoms with E-state index in [9.17, 15) is 14.0 Å². The van der Waals surface area contributed by atoms with Gasteiger partial charge < -0.3 is 10.6 Å². The molecule has 1 atom stereocenters. The van der Waals surface area contributed by atoms with E-state index in [-0.39, 0.29) is 17.6 Å². The third kappa shape index (κ3) is 2.61. The maximum absolute atomic E-state index is 12.9. The van der Waals surface area contributed by atoms with Crippen LogP contribution in [0.15, 0.2) is 18.2 Å². The topological polar surface area (TPSA) is 58.2 Å². The molecule has 0 radical (unpaired) electrons. The minimum Gasteiger partial charge on any atom is -0.344 e. The summed E-state index contributed by atoms with van der Waals surface area (Å²) in [5.74, 6) is -0.707. The number of halogens is 1. The van der Waals surface area contributed by atoms with Crippen LogP contribution >= 0.6 is 0 Å². The molecule has 5 heteroatoms. The highest BCUT2D eigenvalue weighted by Gasteiger charge is 2.27. The van der Waals surface area contributed by atoms with Crippen LogP contribution in [0.4, 0.5) is 10.1 Å². The highest BCUT2D eigenvalue weighted by atomic mass is 19.1. The Bertz CT molecular complexity index is 474. The fourth-order valence-electron chi connectivity index (χ4n) is 1.80. The summed E-state index contributed by atoms with van der Waals surface area (Å²) in [4.78, 5) is 22.8. The lowest BCUT2D eigenvalue weighted by Crippen LogP contribution is -2.37. The van der Waals surface area contributed by atoms with Gasteiger partial charge in [0.05, 0.1) is 0 Å². The van der Waals surface area contributed by atoms with Crippen LogP contribution in [-0.2, 0) is 9.59 Å². The normalized spacial score (nSPS) is 18.9. The smallest absolute Gasteiger partial charge is 0.246 e. The van der Waals surface area contributed by atoms with Crippen molar-refractivity contribution < 1.29 is 14.0 Å². The molecule has 0 spiro atoms. The maximum atomic E-state index is 12.9. The van der Waals surface area contributed by atoms with Crippen LogP contribution in [0, 0.1) is 12.7 Å². The summed E-state index contributed by atoms with van der Waals surface area (Å²) >= 11 is 0. The van der Waals surface area contributed by atoms with Gasteiger partial charge in [-0.3, -0.25) is 9.59 Å². The molecule has 1 saturated heterocycles. The molecule has 4 nitrogen and oxygen atoms in total. The van der Waals surface area contributed by atoms with Gasteiger partial charge in [0.25, 0.3) is 0 Å². The van der Waals surface area contributed by atoms with Gasteiger partial charge in [-0.2, -0.15) is 0 Å². The van der Waals surface area contributed by atoms with Gasteiger partial charge in [0.2, 0.25) is 11.8 Å². The van der Waals surface area contributed by atoms with Crippen LogP contribution < -0.4 is 10.6 Å². The summed E-state index contributed by atoms with van der Waals surface area (Å²) in [6, 6.07) is 3.67. The Morgan fingerprint density at radius 1 is 1.53 bits per heavy atom. The Morgan fingerprint density at radius 3 is 2.88 bits per heavy atom. The molecule has 0 saturated carbocycles. The zero-order chi connectivity index (χ0) is 12.4. The first-order chi connectivity index (χ1) is 8.06. The van der Waals surface area contributed by atoms with E-state index in [2.05, 4.69) is 10.6 Å². The average Bonchev–Trinajstić information content (AvgIpc) is 2.69. The largest absolute Gasteiger partial charge is 0.344 e. The van der Waals surface area contributed by atoms with Gasteiger partial charge in [0, 0.05) is 12.1 Å². The zero-order valence-electron chi connectivity index (χ0n) is 9.42. The van der Waals surface area contributed by atoms with Crippen molar-refractivity contribution in [3.63, 3.8) is 0 Å². The van der Waals surface area contributed by atoms with E-state index in [0.717, 1.165) is 0 Å². The number of benzene rings is 1. The standard InChI is InChI=1S/C12H13FN2O2/c1-7-6-8(13)2-3-9(7)15-12(17)10-4-5-11(16)14-10/h2-3,6,10H,4-5H2,1H3,(H,14,16)(H,15,17)/t10-/m1/s1. The van der Waals surface area contributed by atoms with Gasteiger partial charge in [-0.15, -0.1) is 0 Å². The van der Waals surface area contributed by atoms with Crippen molar-refractivity contribution in [2.45, 2.75) is 25.8 Å². The minimum absolute atomic E-state index is 0.110. The Kier molecular flexibility index (Phi) is 3.08. The molecule has 1 aromatic rings. The second kappa shape index (κ2) is 4.53. The number of hydrogen-bond donors (Lipinski definition) is 2. The number of anilines is 1. The van der Waals surface area contributed by atoms with Crippen molar-refractivity contribution in [1.82, 2.24) is 5.32 Å². The highest BCUT2D eigenvalue weighted by Crippen LogP contribution is 2.17. The van der Waals surface area contributed by atoms with Crippen LogP contribution in [0.2, 0.25) is 0 Å². The molecule has 1 aliphatic heterocycles. The Labute approximate surface area is 98.2 Å². The number of nitrogens with one attached hydrogen (secondary N) is 2. The third-order valence-corrected chi connectivity index (χ3v) is 2.76. The minimum atomic E-state index is -0.480. The van der Waals surface area contributed by atoms with Crippen LogP contribution in [0.5, 0.6) is 0 Å². The van der Waals surface area contributed by atoms with Gasteiger partial charge in [0.15, 0.2) is 0 Å². The lowest BCUT2D eigenvalue weighted by Gasteiger charge is -2.12. The Morgan fingerprint density at radius 2 is 2.29 bits per heavy atom. The Hall–Kier alpha value is -1.91. The molecule has 2 rings (SSSR count). The summed E-state index contributed by atoms with van der Waals surface area (Å²) in [7, 11) is 0. The number of rotatable bonds is 2. The van der Waals surface area contributed by atoms with E-state index in [4.69, 9.17) is 0 Å². The van der Waals surface area contributed by atoms with Crippen LogP contribution in [0.1, 0.15) is 18.4 Å². The molecule has 1 heterocycles. The molecule has 0 aromatic heterocycles. The molecule has 0 aliphatic carbocycles. The summed E-state index contributed by atoms with van der Waals surface area (Å²) in [6.45, 7) is 1.71. The van der Waals surface area contributed by atoms with Gasteiger partial charge in [0.1, 0.15) is 11.9 Å². The van der Waals surface area contributed by atoms with E-state index in [1.165, 1.54) is 18.2 Å². The van der Waals surface area contributed by atoms with Crippen molar-refractivity contribution in [1.29, 1.82) is 0 Å². The maximum Gasteiger partial charge on any atom is 0.246 e. The van der Waals surface area contributed by atoms with E-state index in [1.54, 1.807) is 6.92 Å². The SMILES string of the molecule is Cc1cc(F)ccc1NC(=O)[C@H]1CCC(=O)N1. The predicted molar refractivity (Wildman–Crippen MR) is 60.9 cm³/mol. The average molecular weight is 236 g/mol. The van der Waals surface area contributed by atoms with Gasteiger partial charge in [-0.05, 0) is 37.1 Å². The second-order valence-corrected chi connectivity index (χ2v) is 4.11. The molecule has 2 N–H and O–H groups in total. The van der Waals surface area contributed by atoms with Gasteiger partial charge in [-0.25, -0.2) is 4.39 Å². The number of aryl methyl sites for hydroxylation is 1. The molecule has 2 amide bonds. The summed E-state index contributed by atoms with van der Waals surface area (Å²) in [5, 5.41) is 5.26. The second-order valence-electron chi connectivity index (χ2n) is 4.11. The van der Waals surface area contributed by atoms with Gasteiger partial charge in [-0.1, -0.05) is 0 Å². The third-order valence-electron chi connectivity index (χ3n) is 2.76. The monoisotopic (exact) mass is 236 g/mol. The molecular weight excluding hydrogens is 223 g/mol. The first kappa shape index (κ1) is 11.6. The van der Waals surface area contributed by atoms with Gasteiger partial charge >= 0.3 is 0 Å². The van der Waals surface area contributed by atoms with Crippen LogP contribution in [0.3, 0.4) is 0 Å². The van der Waals surface area contributed by atoms with E-state index >= 15 is 0 Å². The van der Waals surface area contributed by atoms with Crippen molar-refractivity contribution in [3.8, 4) is 0 Å². The van der Waals surface area contributed by atoms with E-state index in [0.29, 0.717) is 24.1 Å². The summed E-state index contributed by atoms with van der Waals surface area (Å²) in [5.41, 5.74) is 1.22. The Balaban J connectivity index is 2.05. The molecule has 0 bridgehead atoms. The molecule has 17 heavy (non-hydrogen) atoms. The number of hydrogen-bond acceptors (Lipinski definition) is 2. The van der Waals surface area contributed by atoms with Crippen molar-refractivity contribution in [2.24, 2.45) is 0 Å². The van der Waals surface area contributed by atoms with E-state index in [1.807, 2.05) is 0 Å². The van der Waals surface area contributed by atoms with Crippen molar-refractivity contribution >= 4 is 17.5 Å². The summed E-state index contributed by atoms with van der Waals surface area (Å²) in [6.07, 6.45) is 0.880. The fraction of sp³-hybridized carbons (Fsp3) is 0.333. The van der Waals surface area contributed by atoms with Crippen LogP contribution in [-0.4, -0.2) is 17.9 Å². The zero-order valence-corrected chi connectivity index (χ0v) is 9.42. The molecule has 1 fully saturated rings. The molecule has 1 aromatic carbocycles. The molecule has 1 aliphatic rings. The summed E-state index contributed by atoms with van der Waals surface area (Å²) < 4.78 is 12.9. The molecule has 90 valence electrons. The van der Waals surface area contributed by atoms with E-state index < -0.39 is 6.04 Å².